The standard InChI is InChI=1S/C19H29N3O5S/c1-15(19(23)20-16-3-4-16)21-9-11-22(12-10-21)28(24,25)18-7-5-17(6-8-18)27-14-13-26-2/h5-8,15-16H,3-4,9-14H2,1-2H3,(H,20,23). The van der Waals surface area contributed by atoms with E-state index in [-0.39, 0.29) is 16.8 Å². The Balaban J connectivity index is 1.54. The molecule has 2 fully saturated rings. The van der Waals surface area contributed by atoms with E-state index < -0.39 is 10.0 Å². The second-order valence-corrected chi connectivity index (χ2v) is 9.15. The number of hydrogen-bond acceptors (Lipinski definition) is 6. The molecule has 0 spiro atoms. The summed E-state index contributed by atoms with van der Waals surface area (Å²) in [5.74, 6) is 0.638. The van der Waals surface area contributed by atoms with Crippen molar-refractivity contribution in [3.8, 4) is 5.75 Å². The Hall–Kier alpha value is -1.68. The highest BCUT2D eigenvalue weighted by molar-refractivity contribution is 7.89. The number of hydrogen-bond donors (Lipinski definition) is 1. The van der Waals surface area contributed by atoms with Crippen molar-refractivity contribution in [3.05, 3.63) is 24.3 Å². The fraction of sp³-hybridized carbons (Fsp3) is 0.632. The molecule has 0 bridgehead atoms. The Bertz CT molecular complexity index is 756. The van der Waals surface area contributed by atoms with Crippen LogP contribution >= 0.6 is 0 Å². The van der Waals surface area contributed by atoms with Gasteiger partial charge >= 0.3 is 0 Å². The maximum absolute atomic E-state index is 12.9. The lowest BCUT2D eigenvalue weighted by atomic mass is 10.2. The van der Waals surface area contributed by atoms with Crippen molar-refractivity contribution in [2.24, 2.45) is 0 Å². The van der Waals surface area contributed by atoms with Gasteiger partial charge in [0.05, 0.1) is 17.5 Å². The van der Waals surface area contributed by atoms with Gasteiger partial charge in [-0.25, -0.2) is 8.42 Å². The third-order valence-electron chi connectivity index (χ3n) is 5.14. The number of benzene rings is 1. The van der Waals surface area contributed by atoms with Gasteiger partial charge in [-0.1, -0.05) is 0 Å². The molecule has 1 aromatic rings. The summed E-state index contributed by atoms with van der Waals surface area (Å²) in [7, 11) is -1.96. The van der Waals surface area contributed by atoms with E-state index in [9.17, 15) is 13.2 Å². The van der Waals surface area contributed by atoms with E-state index in [1.165, 1.54) is 4.31 Å². The molecule has 156 valence electrons. The summed E-state index contributed by atoms with van der Waals surface area (Å²) in [4.78, 5) is 14.5. The number of carbonyl (C=O) groups excluding carboxylic acids is 1. The zero-order chi connectivity index (χ0) is 20.1. The molecule has 1 saturated carbocycles. The normalized spacial score (nSPS) is 19.9. The summed E-state index contributed by atoms with van der Waals surface area (Å²) in [6.45, 7) is 4.58. The SMILES string of the molecule is COCCOc1ccc(S(=O)(=O)N2CCN(C(C)C(=O)NC3CC3)CC2)cc1. The number of nitrogens with one attached hydrogen (secondary N) is 1. The van der Waals surface area contributed by atoms with Crippen LogP contribution in [0.4, 0.5) is 0 Å². The molecule has 8 nitrogen and oxygen atoms in total. The van der Waals surface area contributed by atoms with E-state index in [1.807, 2.05) is 11.8 Å². The predicted octanol–water partition coefficient (Wildman–Crippen LogP) is 0.685. The Morgan fingerprint density at radius 1 is 1.14 bits per heavy atom. The third kappa shape index (κ3) is 5.22. The lowest BCUT2D eigenvalue weighted by Gasteiger charge is -2.36. The van der Waals surface area contributed by atoms with E-state index >= 15 is 0 Å². The highest BCUT2D eigenvalue weighted by Crippen LogP contribution is 2.22. The fourth-order valence-corrected chi connectivity index (χ4v) is 4.57. The van der Waals surface area contributed by atoms with Crippen molar-refractivity contribution in [2.75, 3.05) is 46.5 Å². The van der Waals surface area contributed by atoms with Crippen molar-refractivity contribution in [1.82, 2.24) is 14.5 Å². The Kier molecular flexibility index (Phi) is 6.92. The van der Waals surface area contributed by atoms with Crippen LogP contribution in [0.2, 0.25) is 0 Å². The fourth-order valence-electron chi connectivity index (χ4n) is 3.15. The second-order valence-electron chi connectivity index (χ2n) is 7.21. The van der Waals surface area contributed by atoms with Gasteiger partial charge in [0.25, 0.3) is 0 Å². The van der Waals surface area contributed by atoms with Crippen molar-refractivity contribution in [2.45, 2.75) is 36.7 Å². The number of rotatable bonds is 9. The molecular weight excluding hydrogens is 382 g/mol. The maximum Gasteiger partial charge on any atom is 0.243 e. The van der Waals surface area contributed by atoms with Gasteiger partial charge in [0, 0.05) is 39.3 Å². The largest absolute Gasteiger partial charge is 0.491 e. The summed E-state index contributed by atoms with van der Waals surface area (Å²) in [5.41, 5.74) is 0. The highest BCUT2D eigenvalue weighted by Gasteiger charge is 2.33. The van der Waals surface area contributed by atoms with Crippen molar-refractivity contribution in [1.29, 1.82) is 0 Å². The summed E-state index contributed by atoms with van der Waals surface area (Å²) < 4.78 is 37.7. The highest BCUT2D eigenvalue weighted by atomic mass is 32.2. The Labute approximate surface area is 166 Å². The summed E-state index contributed by atoms with van der Waals surface area (Å²) >= 11 is 0. The first-order chi connectivity index (χ1) is 13.4. The zero-order valence-electron chi connectivity index (χ0n) is 16.5. The lowest BCUT2D eigenvalue weighted by molar-refractivity contribution is -0.126. The minimum atomic E-state index is -3.56. The maximum atomic E-state index is 12.9. The number of carbonyl (C=O) groups is 1. The first-order valence-electron chi connectivity index (χ1n) is 9.68. The minimum absolute atomic E-state index is 0.0304. The van der Waals surface area contributed by atoms with E-state index in [1.54, 1.807) is 31.4 Å². The quantitative estimate of drug-likeness (QED) is 0.602. The molecule has 1 N–H and O–H groups in total. The van der Waals surface area contributed by atoms with Gasteiger partial charge in [-0.3, -0.25) is 9.69 Å². The van der Waals surface area contributed by atoms with Gasteiger partial charge in [-0.2, -0.15) is 4.31 Å². The molecule has 1 unspecified atom stereocenters. The number of methoxy groups -OCH3 is 1. The van der Waals surface area contributed by atoms with Crippen LogP contribution in [0.1, 0.15) is 19.8 Å². The van der Waals surface area contributed by atoms with Crippen LogP contribution in [-0.4, -0.2) is 82.1 Å². The molecule has 1 atom stereocenters. The third-order valence-corrected chi connectivity index (χ3v) is 7.05. The monoisotopic (exact) mass is 411 g/mol. The molecule has 1 aliphatic carbocycles. The van der Waals surface area contributed by atoms with Crippen LogP contribution in [0.3, 0.4) is 0 Å². The summed E-state index contributed by atoms with van der Waals surface area (Å²) in [6.07, 6.45) is 2.11. The summed E-state index contributed by atoms with van der Waals surface area (Å²) in [6, 6.07) is 6.53. The van der Waals surface area contributed by atoms with Gasteiger partial charge < -0.3 is 14.8 Å². The lowest BCUT2D eigenvalue weighted by Crippen LogP contribution is -2.55. The summed E-state index contributed by atoms with van der Waals surface area (Å²) in [5, 5.41) is 3.01. The molecule has 3 rings (SSSR count). The van der Waals surface area contributed by atoms with Crippen LogP contribution in [-0.2, 0) is 19.6 Å². The Morgan fingerprint density at radius 3 is 2.36 bits per heavy atom. The second kappa shape index (κ2) is 9.21. The van der Waals surface area contributed by atoms with E-state index in [0.29, 0.717) is 51.2 Å². The topological polar surface area (TPSA) is 88.2 Å². The number of piperazine rings is 1. The van der Waals surface area contributed by atoms with Crippen molar-refractivity contribution >= 4 is 15.9 Å². The average Bonchev–Trinajstić information content (AvgIpc) is 3.52. The minimum Gasteiger partial charge on any atom is -0.491 e. The first-order valence-corrected chi connectivity index (χ1v) is 11.1. The van der Waals surface area contributed by atoms with Crippen LogP contribution in [0.15, 0.2) is 29.2 Å². The molecule has 9 heteroatoms. The number of amides is 1. The van der Waals surface area contributed by atoms with Gasteiger partial charge in [-0.15, -0.1) is 0 Å². The Morgan fingerprint density at radius 2 is 1.79 bits per heavy atom. The van der Waals surface area contributed by atoms with Gasteiger partial charge in [-0.05, 0) is 44.0 Å². The van der Waals surface area contributed by atoms with E-state index in [2.05, 4.69) is 5.32 Å². The molecule has 1 aromatic carbocycles. The number of nitrogens with zero attached hydrogens (tertiary/aromatic N) is 2. The van der Waals surface area contributed by atoms with Crippen LogP contribution in [0.25, 0.3) is 0 Å². The van der Waals surface area contributed by atoms with Crippen LogP contribution < -0.4 is 10.1 Å². The zero-order valence-corrected chi connectivity index (χ0v) is 17.3. The molecule has 28 heavy (non-hydrogen) atoms. The van der Waals surface area contributed by atoms with Gasteiger partial charge in [0.2, 0.25) is 15.9 Å². The van der Waals surface area contributed by atoms with Gasteiger partial charge in [0.15, 0.2) is 0 Å². The predicted molar refractivity (Wildman–Crippen MR) is 105 cm³/mol. The molecule has 1 aliphatic heterocycles. The van der Waals surface area contributed by atoms with Gasteiger partial charge in [0.1, 0.15) is 12.4 Å². The van der Waals surface area contributed by atoms with E-state index in [4.69, 9.17) is 9.47 Å². The first kappa shape index (κ1) is 21.0. The molecule has 2 aliphatic rings. The number of ether oxygens (including phenoxy) is 2. The van der Waals surface area contributed by atoms with Crippen molar-refractivity contribution in [3.63, 3.8) is 0 Å². The number of sulfonamides is 1. The van der Waals surface area contributed by atoms with E-state index in [0.717, 1.165) is 12.8 Å². The smallest absolute Gasteiger partial charge is 0.243 e. The average molecular weight is 412 g/mol. The molecule has 1 amide bonds. The molecular formula is C19H29N3O5S. The molecule has 1 saturated heterocycles. The molecule has 0 aromatic heterocycles. The van der Waals surface area contributed by atoms with Crippen LogP contribution in [0.5, 0.6) is 5.75 Å². The molecule has 1 heterocycles. The van der Waals surface area contributed by atoms with Crippen LogP contribution in [0, 0.1) is 0 Å². The molecule has 0 radical (unpaired) electrons. The van der Waals surface area contributed by atoms with Crippen molar-refractivity contribution < 1.29 is 22.7 Å².